The average Bonchev–Trinajstić information content (AvgIpc) is 2.38. The molecule has 3 heteroatoms. The third-order valence-electron chi connectivity index (χ3n) is 3.01. The van der Waals surface area contributed by atoms with Crippen LogP contribution in [0, 0.1) is 5.82 Å². The van der Waals surface area contributed by atoms with E-state index < -0.39 is 0 Å². The number of hydrogen-bond donors (Lipinski definition) is 0. The molecule has 0 aliphatic rings. The van der Waals surface area contributed by atoms with Gasteiger partial charge in [0.1, 0.15) is 5.82 Å². The van der Waals surface area contributed by atoms with Crippen LogP contribution in [0.3, 0.4) is 0 Å². The number of halogens is 3. The van der Waals surface area contributed by atoms with Gasteiger partial charge < -0.3 is 0 Å². The van der Waals surface area contributed by atoms with Crippen LogP contribution in [0.15, 0.2) is 53.0 Å². The summed E-state index contributed by atoms with van der Waals surface area (Å²) in [6, 6.07) is 15.1. The van der Waals surface area contributed by atoms with Crippen LogP contribution in [0.4, 0.5) is 4.39 Å². The molecule has 100 valence electrons. The van der Waals surface area contributed by atoms with E-state index in [9.17, 15) is 4.39 Å². The van der Waals surface area contributed by atoms with E-state index in [2.05, 4.69) is 15.9 Å². The van der Waals surface area contributed by atoms with E-state index in [1.165, 1.54) is 6.07 Å². The van der Waals surface area contributed by atoms with Gasteiger partial charge in [-0.25, -0.2) is 4.39 Å². The monoisotopic (exact) mass is 340 g/mol. The molecule has 0 fully saturated rings. The van der Waals surface area contributed by atoms with E-state index in [0.717, 1.165) is 34.9 Å². The maximum atomic E-state index is 13.2. The van der Waals surface area contributed by atoms with Gasteiger partial charge in [-0.2, -0.15) is 0 Å². The van der Waals surface area contributed by atoms with Gasteiger partial charge in [0, 0.05) is 4.47 Å². The van der Waals surface area contributed by atoms with Gasteiger partial charge in [0.25, 0.3) is 0 Å². The molecule has 0 bridgehead atoms. The Morgan fingerprint density at radius 3 is 2.53 bits per heavy atom. The summed E-state index contributed by atoms with van der Waals surface area (Å²) < 4.78 is 14.0. The van der Waals surface area contributed by atoms with Crippen LogP contribution in [-0.2, 0) is 6.42 Å². The number of rotatable bonds is 5. The van der Waals surface area contributed by atoms with Gasteiger partial charge in [0.05, 0.1) is 5.38 Å². The highest BCUT2D eigenvalue weighted by atomic mass is 79.9. The van der Waals surface area contributed by atoms with Gasteiger partial charge in [-0.1, -0.05) is 46.3 Å². The summed E-state index contributed by atoms with van der Waals surface area (Å²) in [5, 5.41) is 0.0261. The first-order valence-corrected chi connectivity index (χ1v) is 7.52. The standard InChI is InChI=1S/C16H15BrClF/c17-14-9-12(10-15(19)11-14)5-4-8-16(18)13-6-2-1-3-7-13/h1-3,6-7,9-11,16H,4-5,8H2. The van der Waals surface area contributed by atoms with E-state index in [1.54, 1.807) is 6.07 Å². The SMILES string of the molecule is Fc1cc(Br)cc(CCCC(Cl)c2ccccc2)c1. The molecule has 0 aromatic heterocycles. The Bertz CT molecular complexity index is 507. The molecule has 0 amide bonds. The Hall–Kier alpha value is -0.860. The van der Waals surface area contributed by atoms with E-state index in [0.29, 0.717) is 0 Å². The van der Waals surface area contributed by atoms with Crippen LogP contribution in [0.2, 0.25) is 0 Å². The number of aryl methyl sites for hydroxylation is 1. The van der Waals surface area contributed by atoms with Crippen molar-refractivity contribution in [2.24, 2.45) is 0 Å². The molecule has 19 heavy (non-hydrogen) atoms. The third-order valence-corrected chi connectivity index (χ3v) is 3.93. The molecule has 0 heterocycles. The van der Waals surface area contributed by atoms with Crippen LogP contribution in [0.25, 0.3) is 0 Å². The normalized spacial score (nSPS) is 12.4. The average molecular weight is 342 g/mol. The maximum Gasteiger partial charge on any atom is 0.124 e. The highest BCUT2D eigenvalue weighted by molar-refractivity contribution is 9.10. The summed E-state index contributed by atoms with van der Waals surface area (Å²) >= 11 is 9.66. The fourth-order valence-corrected chi connectivity index (χ4v) is 2.88. The van der Waals surface area contributed by atoms with Crippen molar-refractivity contribution in [2.45, 2.75) is 24.6 Å². The van der Waals surface area contributed by atoms with Crippen molar-refractivity contribution >= 4 is 27.5 Å². The second-order valence-electron chi connectivity index (χ2n) is 4.55. The number of hydrogen-bond acceptors (Lipinski definition) is 0. The Kier molecular flexibility index (Phi) is 5.41. The Morgan fingerprint density at radius 2 is 1.84 bits per heavy atom. The molecular weight excluding hydrogens is 327 g/mol. The molecule has 0 saturated heterocycles. The lowest BCUT2D eigenvalue weighted by atomic mass is 10.0. The Labute approximate surface area is 126 Å². The fraction of sp³-hybridized carbons (Fsp3) is 0.250. The fourth-order valence-electron chi connectivity index (χ4n) is 2.07. The minimum absolute atomic E-state index is 0.0261. The van der Waals surface area contributed by atoms with Crippen LogP contribution < -0.4 is 0 Å². The van der Waals surface area contributed by atoms with E-state index in [4.69, 9.17) is 11.6 Å². The molecular formula is C16H15BrClF. The molecule has 0 radical (unpaired) electrons. The van der Waals surface area contributed by atoms with Gasteiger partial charge in [-0.05, 0) is 48.6 Å². The van der Waals surface area contributed by atoms with E-state index >= 15 is 0 Å². The van der Waals surface area contributed by atoms with Crippen LogP contribution in [0.1, 0.15) is 29.3 Å². The van der Waals surface area contributed by atoms with Crippen LogP contribution >= 0.6 is 27.5 Å². The summed E-state index contributed by atoms with van der Waals surface area (Å²) in [5.74, 6) is -0.199. The van der Waals surface area contributed by atoms with Gasteiger partial charge in [0.15, 0.2) is 0 Å². The summed E-state index contributed by atoms with van der Waals surface area (Å²) in [6.07, 6.45) is 2.67. The molecule has 2 rings (SSSR count). The molecule has 2 aromatic rings. The number of benzene rings is 2. The molecule has 0 aliphatic carbocycles. The topological polar surface area (TPSA) is 0 Å². The smallest absolute Gasteiger partial charge is 0.124 e. The molecule has 1 atom stereocenters. The predicted octanol–water partition coefficient (Wildman–Crippen LogP) is 5.89. The minimum atomic E-state index is -0.199. The third kappa shape index (κ3) is 4.63. The van der Waals surface area contributed by atoms with Crippen molar-refractivity contribution in [3.63, 3.8) is 0 Å². The molecule has 0 spiro atoms. The molecule has 0 nitrogen and oxygen atoms in total. The van der Waals surface area contributed by atoms with Crippen molar-refractivity contribution in [3.05, 3.63) is 69.9 Å². The van der Waals surface area contributed by atoms with Gasteiger partial charge in [-0.3, -0.25) is 0 Å². The predicted molar refractivity (Wildman–Crippen MR) is 82.1 cm³/mol. The molecule has 0 aliphatic heterocycles. The zero-order valence-electron chi connectivity index (χ0n) is 10.5. The van der Waals surface area contributed by atoms with Gasteiger partial charge in [-0.15, -0.1) is 11.6 Å². The highest BCUT2D eigenvalue weighted by Crippen LogP contribution is 2.26. The molecule has 2 aromatic carbocycles. The molecule has 1 unspecified atom stereocenters. The van der Waals surface area contributed by atoms with Crippen molar-refractivity contribution in [1.82, 2.24) is 0 Å². The van der Waals surface area contributed by atoms with Crippen molar-refractivity contribution in [2.75, 3.05) is 0 Å². The zero-order valence-corrected chi connectivity index (χ0v) is 12.8. The van der Waals surface area contributed by atoms with E-state index in [-0.39, 0.29) is 11.2 Å². The van der Waals surface area contributed by atoms with E-state index in [1.807, 2.05) is 36.4 Å². The minimum Gasteiger partial charge on any atom is -0.207 e. The van der Waals surface area contributed by atoms with Crippen LogP contribution in [-0.4, -0.2) is 0 Å². The maximum absolute atomic E-state index is 13.2. The zero-order chi connectivity index (χ0) is 13.7. The first-order valence-electron chi connectivity index (χ1n) is 6.29. The largest absolute Gasteiger partial charge is 0.207 e. The molecule has 0 saturated carbocycles. The summed E-state index contributed by atoms with van der Waals surface area (Å²) in [5.41, 5.74) is 2.15. The highest BCUT2D eigenvalue weighted by Gasteiger charge is 2.07. The molecule has 0 N–H and O–H groups in total. The Morgan fingerprint density at radius 1 is 1.11 bits per heavy atom. The van der Waals surface area contributed by atoms with Crippen LogP contribution in [0.5, 0.6) is 0 Å². The first kappa shape index (κ1) is 14.5. The van der Waals surface area contributed by atoms with Crippen molar-refractivity contribution in [3.8, 4) is 0 Å². The lowest BCUT2D eigenvalue weighted by Gasteiger charge is -2.09. The number of alkyl halides is 1. The van der Waals surface area contributed by atoms with Gasteiger partial charge >= 0.3 is 0 Å². The van der Waals surface area contributed by atoms with Crippen molar-refractivity contribution in [1.29, 1.82) is 0 Å². The summed E-state index contributed by atoms with van der Waals surface area (Å²) in [4.78, 5) is 0. The summed E-state index contributed by atoms with van der Waals surface area (Å²) in [7, 11) is 0. The van der Waals surface area contributed by atoms with Crippen molar-refractivity contribution < 1.29 is 4.39 Å². The lowest BCUT2D eigenvalue weighted by molar-refractivity contribution is 0.622. The lowest BCUT2D eigenvalue weighted by Crippen LogP contribution is -1.93. The van der Waals surface area contributed by atoms with Gasteiger partial charge in [0.2, 0.25) is 0 Å². The first-order chi connectivity index (χ1) is 9.15. The summed E-state index contributed by atoms with van der Waals surface area (Å²) in [6.45, 7) is 0. The Balaban J connectivity index is 1.86. The second kappa shape index (κ2) is 7.06. The second-order valence-corrected chi connectivity index (χ2v) is 5.99. The quantitative estimate of drug-likeness (QED) is 0.595.